The van der Waals surface area contributed by atoms with Gasteiger partial charge in [-0.05, 0) is 48.0 Å². The fourth-order valence-electron chi connectivity index (χ4n) is 4.83. The first kappa shape index (κ1) is 23.3. The lowest BCUT2D eigenvalue weighted by Crippen LogP contribution is -2.54. The average molecular weight is 503 g/mol. The molecule has 5 nitrogen and oxygen atoms in total. The number of thioether (sulfide) groups is 1. The standard InChI is InChI=1S/C31H26N4OS/c1-3-23-18-20-24(21-19-23)29-27-16-10-11-17-28(27)31(34(32-29)25-12-6-4-7-13-25)35(26-14-8-5-9-15-26)33-30(37-31)22(2)36/h4-21H,3H2,1-2H3. The quantitative estimate of drug-likeness (QED) is 0.302. The minimum atomic E-state index is -0.923. The SMILES string of the molecule is CCc1ccc(C2=NN(c3ccccc3)C3(SC(C(C)=O)=NN3c3ccccc3)c3ccccc32)cc1. The molecule has 2 aliphatic heterocycles. The number of benzene rings is 4. The number of nitrogens with zero attached hydrogens (tertiary/aromatic N) is 4. The van der Waals surface area contributed by atoms with Gasteiger partial charge in [0.1, 0.15) is 0 Å². The molecule has 0 radical (unpaired) electrons. The Kier molecular flexibility index (Phi) is 5.89. The summed E-state index contributed by atoms with van der Waals surface area (Å²) in [6.07, 6.45) is 0.983. The predicted octanol–water partition coefficient (Wildman–Crippen LogP) is 6.79. The molecule has 0 N–H and O–H groups in total. The highest BCUT2D eigenvalue weighted by Gasteiger charge is 2.55. The van der Waals surface area contributed by atoms with Crippen LogP contribution in [-0.4, -0.2) is 16.5 Å². The normalized spacial score (nSPS) is 18.4. The second kappa shape index (κ2) is 9.37. The van der Waals surface area contributed by atoms with Crippen LogP contribution >= 0.6 is 11.8 Å². The van der Waals surface area contributed by atoms with E-state index < -0.39 is 4.99 Å². The number of ketones is 1. The first-order valence-corrected chi connectivity index (χ1v) is 13.2. The van der Waals surface area contributed by atoms with E-state index in [1.165, 1.54) is 17.3 Å². The van der Waals surface area contributed by atoms with Crippen LogP contribution in [0, 0.1) is 0 Å². The number of anilines is 2. The van der Waals surface area contributed by atoms with Gasteiger partial charge in [-0.2, -0.15) is 10.2 Å². The first-order valence-electron chi connectivity index (χ1n) is 12.4. The van der Waals surface area contributed by atoms with Crippen molar-refractivity contribution < 1.29 is 4.79 Å². The van der Waals surface area contributed by atoms with E-state index in [0.717, 1.165) is 40.2 Å². The summed E-state index contributed by atoms with van der Waals surface area (Å²) in [6.45, 7) is 3.73. The van der Waals surface area contributed by atoms with Crippen molar-refractivity contribution in [3.8, 4) is 0 Å². The van der Waals surface area contributed by atoms with Gasteiger partial charge in [0.25, 0.3) is 0 Å². The molecular formula is C31H26N4OS. The van der Waals surface area contributed by atoms with Gasteiger partial charge in [0, 0.05) is 23.6 Å². The largest absolute Gasteiger partial charge is 0.292 e. The van der Waals surface area contributed by atoms with E-state index in [2.05, 4.69) is 43.3 Å². The van der Waals surface area contributed by atoms with E-state index in [9.17, 15) is 4.79 Å². The molecule has 4 aromatic rings. The van der Waals surface area contributed by atoms with Crippen molar-refractivity contribution in [2.75, 3.05) is 10.0 Å². The molecule has 1 atom stereocenters. The van der Waals surface area contributed by atoms with Gasteiger partial charge in [-0.3, -0.25) is 4.79 Å². The number of rotatable bonds is 5. The summed E-state index contributed by atoms with van der Waals surface area (Å²) in [7, 11) is 0. The second-order valence-corrected chi connectivity index (χ2v) is 10.2. The number of aryl methyl sites for hydroxylation is 1. The number of para-hydroxylation sites is 2. The Balaban J connectivity index is 1.64. The Labute approximate surface area is 221 Å². The lowest BCUT2D eigenvalue weighted by molar-refractivity contribution is -0.110. The van der Waals surface area contributed by atoms with E-state index in [0.29, 0.717) is 5.04 Å². The maximum Gasteiger partial charge on any atom is 0.234 e. The predicted molar refractivity (Wildman–Crippen MR) is 153 cm³/mol. The van der Waals surface area contributed by atoms with Crippen molar-refractivity contribution in [1.29, 1.82) is 0 Å². The zero-order chi connectivity index (χ0) is 25.4. The van der Waals surface area contributed by atoms with E-state index in [4.69, 9.17) is 10.2 Å². The molecule has 0 fully saturated rings. The summed E-state index contributed by atoms with van der Waals surface area (Å²) in [5, 5.41) is 14.6. The highest BCUT2D eigenvalue weighted by molar-refractivity contribution is 8.17. The van der Waals surface area contributed by atoms with Crippen LogP contribution < -0.4 is 10.0 Å². The summed E-state index contributed by atoms with van der Waals surface area (Å²) in [6, 6.07) is 37.0. The number of hydrogen-bond donors (Lipinski definition) is 0. The maximum atomic E-state index is 12.7. The minimum Gasteiger partial charge on any atom is -0.292 e. The molecule has 4 aromatic carbocycles. The Morgan fingerprint density at radius 2 is 1.32 bits per heavy atom. The number of hydrazone groups is 2. The molecule has 1 unspecified atom stereocenters. The van der Waals surface area contributed by atoms with Crippen molar-refractivity contribution in [3.63, 3.8) is 0 Å². The second-order valence-electron chi connectivity index (χ2n) is 9.01. The molecule has 0 aromatic heterocycles. The third-order valence-corrected chi connectivity index (χ3v) is 8.09. The summed E-state index contributed by atoms with van der Waals surface area (Å²) in [4.78, 5) is 11.8. The van der Waals surface area contributed by atoms with Crippen LogP contribution in [0.5, 0.6) is 0 Å². The molecule has 6 heteroatoms. The average Bonchev–Trinajstić information content (AvgIpc) is 3.36. The molecule has 0 bridgehead atoms. The van der Waals surface area contributed by atoms with Crippen molar-refractivity contribution >= 4 is 39.7 Å². The highest BCUT2D eigenvalue weighted by Crippen LogP contribution is 2.54. The smallest absolute Gasteiger partial charge is 0.234 e. The highest BCUT2D eigenvalue weighted by atomic mass is 32.2. The zero-order valence-corrected chi connectivity index (χ0v) is 21.5. The Morgan fingerprint density at radius 3 is 1.92 bits per heavy atom. The Bertz CT molecular complexity index is 1520. The van der Waals surface area contributed by atoms with Gasteiger partial charge in [-0.1, -0.05) is 91.9 Å². The molecule has 6 rings (SSSR count). The van der Waals surface area contributed by atoms with Gasteiger partial charge in [-0.25, -0.2) is 10.0 Å². The molecule has 2 heterocycles. The van der Waals surface area contributed by atoms with Crippen molar-refractivity contribution in [3.05, 3.63) is 131 Å². The van der Waals surface area contributed by atoms with Crippen molar-refractivity contribution in [1.82, 2.24) is 0 Å². The van der Waals surface area contributed by atoms with Crippen LogP contribution in [0.2, 0.25) is 0 Å². The van der Waals surface area contributed by atoms with Crippen molar-refractivity contribution in [2.24, 2.45) is 10.2 Å². The van der Waals surface area contributed by atoms with Crippen LogP contribution in [-0.2, 0) is 16.2 Å². The Morgan fingerprint density at radius 1 is 0.757 bits per heavy atom. The summed E-state index contributed by atoms with van der Waals surface area (Å²) < 4.78 is 0. The van der Waals surface area contributed by atoms with Crippen LogP contribution in [0.25, 0.3) is 0 Å². The number of carbonyl (C=O) groups is 1. The van der Waals surface area contributed by atoms with Gasteiger partial charge in [0.15, 0.2) is 10.8 Å². The summed E-state index contributed by atoms with van der Waals surface area (Å²) in [5.41, 5.74) is 7.05. The molecule has 0 saturated carbocycles. The fourth-order valence-corrected chi connectivity index (χ4v) is 6.12. The van der Waals surface area contributed by atoms with Gasteiger partial charge < -0.3 is 0 Å². The van der Waals surface area contributed by atoms with E-state index in [-0.39, 0.29) is 5.78 Å². The first-order chi connectivity index (χ1) is 18.1. The molecule has 0 saturated heterocycles. The lowest BCUT2D eigenvalue weighted by atomic mass is 9.92. The molecule has 2 aliphatic rings. The third kappa shape index (κ3) is 3.85. The topological polar surface area (TPSA) is 48.3 Å². The molecule has 182 valence electrons. The molecular weight excluding hydrogens is 476 g/mol. The number of Topliss-reactive ketones (excluding diaryl/α,β-unsaturated/α-hetero) is 1. The zero-order valence-electron chi connectivity index (χ0n) is 20.7. The number of carbonyl (C=O) groups excluding carboxylic acids is 1. The number of fused-ring (bicyclic) bond motifs is 2. The van der Waals surface area contributed by atoms with Crippen LogP contribution in [0.1, 0.15) is 36.1 Å². The molecule has 0 aliphatic carbocycles. The monoisotopic (exact) mass is 502 g/mol. The summed E-state index contributed by atoms with van der Waals surface area (Å²) >= 11 is 1.44. The molecule has 0 amide bonds. The van der Waals surface area contributed by atoms with E-state index in [1.54, 1.807) is 6.92 Å². The van der Waals surface area contributed by atoms with Gasteiger partial charge in [-0.15, -0.1) is 0 Å². The van der Waals surface area contributed by atoms with Gasteiger partial charge >= 0.3 is 0 Å². The van der Waals surface area contributed by atoms with Crippen LogP contribution in [0.15, 0.2) is 119 Å². The van der Waals surface area contributed by atoms with E-state index >= 15 is 0 Å². The van der Waals surface area contributed by atoms with Crippen LogP contribution in [0.3, 0.4) is 0 Å². The van der Waals surface area contributed by atoms with E-state index in [1.807, 2.05) is 82.8 Å². The van der Waals surface area contributed by atoms with Gasteiger partial charge in [0.05, 0.1) is 17.1 Å². The maximum absolute atomic E-state index is 12.7. The fraction of sp³-hybridized carbons (Fsp3) is 0.129. The number of hydrogen-bond acceptors (Lipinski definition) is 6. The summed E-state index contributed by atoms with van der Waals surface area (Å²) in [5.74, 6) is -0.0711. The molecule has 37 heavy (non-hydrogen) atoms. The van der Waals surface area contributed by atoms with Crippen LogP contribution in [0.4, 0.5) is 11.4 Å². The molecule has 1 spiro atoms. The lowest BCUT2D eigenvalue weighted by Gasteiger charge is -2.47. The Hall–Kier alpha value is -4.16. The van der Waals surface area contributed by atoms with Gasteiger partial charge in [0.2, 0.25) is 4.99 Å². The third-order valence-electron chi connectivity index (χ3n) is 6.68. The minimum absolute atomic E-state index is 0.0711. The van der Waals surface area contributed by atoms with Crippen molar-refractivity contribution in [2.45, 2.75) is 25.3 Å².